The summed E-state index contributed by atoms with van der Waals surface area (Å²) in [4.78, 5) is 26.3. The van der Waals surface area contributed by atoms with Crippen molar-refractivity contribution in [3.8, 4) is 5.75 Å². The molecule has 0 saturated carbocycles. The van der Waals surface area contributed by atoms with E-state index in [-0.39, 0.29) is 24.6 Å². The van der Waals surface area contributed by atoms with Gasteiger partial charge in [-0.2, -0.15) is 0 Å². The van der Waals surface area contributed by atoms with Crippen molar-refractivity contribution in [2.45, 2.75) is 26.3 Å². The van der Waals surface area contributed by atoms with Crippen molar-refractivity contribution in [1.29, 1.82) is 0 Å². The number of benzene rings is 2. The average molecular weight is 431 g/mol. The maximum Gasteiger partial charge on any atom is 0.319 e. The van der Waals surface area contributed by atoms with Gasteiger partial charge < -0.3 is 20.7 Å². The van der Waals surface area contributed by atoms with Gasteiger partial charge in [0.2, 0.25) is 0 Å². The number of hydrogen-bond acceptors (Lipinski definition) is 4. The molecule has 0 aliphatic carbocycles. The number of anilines is 2. The Morgan fingerprint density at radius 1 is 1.23 bits per heavy atom. The monoisotopic (exact) mass is 430 g/mol. The molecular formula is C22H27ClN4O3. The van der Waals surface area contributed by atoms with Crippen LogP contribution >= 0.6 is 11.6 Å². The van der Waals surface area contributed by atoms with Gasteiger partial charge in [0.15, 0.2) is 6.61 Å². The van der Waals surface area contributed by atoms with E-state index in [0.29, 0.717) is 28.7 Å². The molecule has 1 atom stereocenters. The van der Waals surface area contributed by atoms with Crippen LogP contribution in [0.1, 0.15) is 19.4 Å². The Morgan fingerprint density at radius 3 is 2.67 bits per heavy atom. The molecular weight excluding hydrogens is 404 g/mol. The highest BCUT2D eigenvalue weighted by Gasteiger charge is 2.20. The van der Waals surface area contributed by atoms with Gasteiger partial charge in [0, 0.05) is 18.7 Å². The van der Waals surface area contributed by atoms with E-state index in [0.717, 1.165) is 19.5 Å². The van der Waals surface area contributed by atoms with Crippen LogP contribution in [0.3, 0.4) is 0 Å². The number of amides is 3. The van der Waals surface area contributed by atoms with Crippen molar-refractivity contribution in [3.05, 3.63) is 53.1 Å². The van der Waals surface area contributed by atoms with Crippen molar-refractivity contribution in [1.82, 2.24) is 10.2 Å². The van der Waals surface area contributed by atoms with Gasteiger partial charge in [-0.3, -0.25) is 9.69 Å². The Kier molecular flexibility index (Phi) is 7.54. The molecule has 0 unspecified atom stereocenters. The second-order valence-corrected chi connectivity index (χ2v) is 7.47. The first-order chi connectivity index (χ1) is 14.5. The Balaban J connectivity index is 1.63. The first kappa shape index (κ1) is 21.9. The molecule has 1 aliphatic heterocycles. The molecule has 0 saturated heterocycles. The lowest BCUT2D eigenvalue weighted by atomic mass is 10.0. The molecule has 30 heavy (non-hydrogen) atoms. The van der Waals surface area contributed by atoms with Gasteiger partial charge in [0.25, 0.3) is 5.91 Å². The fourth-order valence-electron chi connectivity index (χ4n) is 3.53. The third-order valence-electron chi connectivity index (χ3n) is 5.09. The molecule has 2 aromatic rings. The van der Waals surface area contributed by atoms with Gasteiger partial charge in [-0.05, 0) is 31.1 Å². The van der Waals surface area contributed by atoms with Crippen molar-refractivity contribution in [2.24, 2.45) is 0 Å². The zero-order chi connectivity index (χ0) is 21.5. The summed E-state index contributed by atoms with van der Waals surface area (Å²) in [7, 11) is 0. The van der Waals surface area contributed by atoms with Gasteiger partial charge in [0.05, 0.1) is 16.4 Å². The van der Waals surface area contributed by atoms with Crippen molar-refractivity contribution in [2.75, 3.05) is 36.9 Å². The zero-order valence-corrected chi connectivity index (χ0v) is 18.0. The molecule has 0 radical (unpaired) electrons. The normalized spacial score (nSPS) is 13.8. The summed E-state index contributed by atoms with van der Waals surface area (Å²) in [6, 6.07) is 13.3. The Morgan fingerprint density at radius 2 is 1.97 bits per heavy atom. The summed E-state index contributed by atoms with van der Waals surface area (Å²) in [6.07, 6.45) is 0.843. The van der Waals surface area contributed by atoms with Gasteiger partial charge in [-0.1, -0.05) is 55.8 Å². The lowest BCUT2D eigenvalue weighted by Gasteiger charge is -2.30. The molecule has 3 N–H and O–H groups in total. The number of fused-ring (bicyclic) bond motifs is 1. The minimum absolute atomic E-state index is 0.0642. The number of carbonyl (C=O) groups excluding carboxylic acids is 2. The fourth-order valence-corrected chi connectivity index (χ4v) is 3.74. The Labute approximate surface area is 181 Å². The molecule has 3 rings (SSSR count). The second kappa shape index (κ2) is 10.3. The summed E-state index contributed by atoms with van der Waals surface area (Å²) < 4.78 is 5.39. The predicted molar refractivity (Wildman–Crippen MR) is 119 cm³/mol. The number of nitrogens with zero attached hydrogens (tertiary/aromatic N) is 1. The molecule has 2 aromatic carbocycles. The average Bonchev–Trinajstić information content (AvgIpc) is 2.74. The molecule has 3 amide bonds. The van der Waals surface area contributed by atoms with Crippen LogP contribution in [-0.4, -0.2) is 49.1 Å². The van der Waals surface area contributed by atoms with Crippen LogP contribution in [0.2, 0.25) is 5.02 Å². The van der Waals surface area contributed by atoms with E-state index in [4.69, 9.17) is 16.3 Å². The number of hydrogen-bond donors (Lipinski definition) is 3. The summed E-state index contributed by atoms with van der Waals surface area (Å²) in [5.74, 6) is 0.234. The number of carbonyl (C=O) groups is 2. The molecule has 0 fully saturated rings. The first-order valence-electron chi connectivity index (χ1n) is 10.1. The van der Waals surface area contributed by atoms with Gasteiger partial charge in [0.1, 0.15) is 5.75 Å². The summed E-state index contributed by atoms with van der Waals surface area (Å²) >= 11 is 6.26. The SMILES string of the molecule is CCN(CC)[C@@H](CNC(=O)Nc1cc2c(cc1Cl)NC(=O)CO2)Cc1ccccc1. The standard InChI is InChI=1S/C22H27ClN4O3/c1-3-27(4-2)16(10-15-8-6-5-7-9-15)13-24-22(29)26-18-12-20-19(11-17(18)23)25-21(28)14-30-20/h5-9,11-12,16H,3-4,10,13-14H2,1-2H3,(H,25,28)(H2,24,26,29)/t16-/m1/s1. The minimum Gasteiger partial charge on any atom is -0.482 e. The predicted octanol–water partition coefficient (Wildman–Crippen LogP) is 3.75. The highest BCUT2D eigenvalue weighted by Crippen LogP contribution is 2.36. The van der Waals surface area contributed by atoms with Crippen LogP contribution in [0.5, 0.6) is 5.75 Å². The van der Waals surface area contributed by atoms with Crippen molar-refractivity contribution < 1.29 is 14.3 Å². The third kappa shape index (κ3) is 5.64. The van der Waals surface area contributed by atoms with E-state index < -0.39 is 0 Å². The fraction of sp³-hybridized carbons (Fsp3) is 0.364. The number of nitrogens with one attached hydrogen (secondary N) is 3. The van der Waals surface area contributed by atoms with Crippen LogP contribution in [0, 0.1) is 0 Å². The summed E-state index contributed by atoms with van der Waals surface area (Å²) in [6.45, 7) is 6.47. The topological polar surface area (TPSA) is 82.7 Å². The van der Waals surface area contributed by atoms with Gasteiger partial charge in [-0.25, -0.2) is 4.79 Å². The van der Waals surface area contributed by atoms with Crippen LogP contribution < -0.4 is 20.7 Å². The molecule has 0 aromatic heterocycles. The number of halogens is 1. The maximum atomic E-state index is 12.5. The molecule has 0 spiro atoms. The largest absolute Gasteiger partial charge is 0.482 e. The van der Waals surface area contributed by atoms with E-state index in [1.54, 1.807) is 12.1 Å². The van der Waals surface area contributed by atoms with E-state index in [1.165, 1.54) is 5.56 Å². The molecule has 1 aliphatic rings. The van der Waals surface area contributed by atoms with Gasteiger partial charge in [-0.15, -0.1) is 0 Å². The zero-order valence-electron chi connectivity index (χ0n) is 17.2. The second-order valence-electron chi connectivity index (χ2n) is 7.06. The van der Waals surface area contributed by atoms with Gasteiger partial charge >= 0.3 is 6.03 Å². The third-order valence-corrected chi connectivity index (χ3v) is 5.40. The highest BCUT2D eigenvalue weighted by atomic mass is 35.5. The van der Waals surface area contributed by atoms with E-state index in [9.17, 15) is 9.59 Å². The van der Waals surface area contributed by atoms with E-state index in [2.05, 4.69) is 46.8 Å². The van der Waals surface area contributed by atoms with E-state index >= 15 is 0 Å². The van der Waals surface area contributed by atoms with Crippen LogP contribution in [0.25, 0.3) is 0 Å². The Bertz CT molecular complexity index is 887. The lowest BCUT2D eigenvalue weighted by Crippen LogP contribution is -2.46. The summed E-state index contributed by atoms with van der Waals surface area (Å²) in [5.41, 5.74) is 2.15. The molecule has 160 valence electrons. The van der Waals surface area contributed by atoms with E-state index in [1.807, 2.05) is 18.2 Å². The number of rotatable bonds is 8. The van der Waals surface area contributed by atoms with Crippen LogP contribution in [0.15, 0.2) is 42.5 Å². The number of likely N-dealkylation sites (N-methyl/N-ethyl adjacent to an activating group) is 1. The first-order valence-corrected chi connectivity index (χ1v) is 10.5. The molecule has 1 heterocycles. The molecule has 8 heteroatoms. The van der Waals surface area contributed by atoms with Crippen molar-refractivity contribution >= 4 is 34.9 Å². The summed E-state index contributed by atoms with van der Waals surface area (Å²) in [5, 5.41) is 8.73. The number of urea groups is 1. The van der Waals surface area contributed by atoms with Crippen LogP contribution in [0.4, 0.5) is 16.2 Å². The molecule has 0 bridgehead atoms. The minimum atomic E-state index is -0.345. The quantitative estimate of drug-likeness (QED) is 0.595. The Hall–Kier alpha value is -2.77. The highest BCUT2D eigenvalue weighted by molar-refractivity contribution is 6.34. The van der Waals surface area contributed by atoms with Crippen molar-refractivity contribution in [3.63, 3.8) is 0 Å². The number of ether oxygens (including phenoxy) is 1. The molecule has 7 nitrogen and oxygen atoms in total. The lowest BCUT2D eigenvalue weighted by molar-refractivity contribution is -0.118. The van der Waals surface area contributed by atoms with Crippen LogP contribution in [-0.2, 0) is 11.2 Å². The maximum absolute atomic E-state index is 12.5. The smallest absolute Gasteiger partial charge is 0.319 e.